The van der Waals surface area contributed by atoms with Crippen LogP contribution >= 0.6 is 0 Å². The summed E-state index contributed by atoms with van der Waals surface area (Å²) >= 11 is 0. The van der Waals surface area contributed by atoms with Crippen molar-refractivity contribution in [3.8, 4) is 0 Å². The molecule has 0 heterocycles. The van der Waals surface area contributed by atoms with Crippen molar-refractivity contribution in [1.29, 1.82) is 0 Å². The van der Waals surface area contributed by atoms with Crippen molar-refractivity contribution >= 4 is 5.78 Å². The van der Waals surface area contributed by atoms with Crippen molar-refractivity contribution < 1.29 is 15.0 Å². The molecule has 3 heteroatoms. The first-order chi connectivity index (χ1) is 11.9. The van der Waals surface area contributed by atoms with E-state index in [2.05, 4.69) is 19.9 Å². The van der Waals surface area contributed by atoms with Gasteiger partial charge in [-0.25, -0.2) is 0 Å². The van der Waals surface area contributed by atoms with E-state index in [1.54, 1.807) is 0 Å². The van der Waals surface area contributed by atoms with Gasteiger partial charge in [-0.2, -0.15) is 0 Å². The fourth-order valence-corrected chi connectivity index (χ4v) is 7.30. The third-order valence-electron chi connectivity index (χ3n) is 8.66. The number of carbonyl (C=O) groups excluding carboxylic acids is 1. The van der Waals surface area contributed by atoms with Gasteiger partial charge in [0.1, 0.15) is 0 Å². The van der Waals surface area contributed by atoms with Crippen LogP contribution in [0.3, 0.4) is 0 Å². The fourth-order valence-electron chi connectivity index (χ4n) is 7.30. The third-order valence-corrected chi connectivity index (χ3v) is 8.66. The van der Waals surface area contributed by atoms with Gasteiger partial charge < -0.3 is 10.2 Å². The summed E-state index contributed by atoms with van der Waals surface area (Å²) in [5, 5.41) is 19.1. The van der Waals surface area contributed by atoms with Crippen LogP contribution in [0, 0.1) is 34.5 Å². The summed E-state index contributed by atoms with van der Waals surface area (Å²) in [6, 6.07) is 0. The lowest BCUT2D eigenvalue weighted by molar-refractivity contribution is -0.125. The van der Waals surface area contributed by atoms with Crippen LogP contribution in [-0.2, 0) is 4.79 Å². The Morgan fingerprint density at radius 1 is 1.16 bits per heavy atom. The van der Waals surface area contributed by atoms with Crippen molar-refractivity contribution in [2.75, 3.05) is 0 Å². The van der Waals surface area contributed by atoms with Crippen LogP contribution in [-0.4, -0.2) is 22.1 Å². The molecule has 0 aromatic heterocycles. The standard InChI is InChI=1S/C22H32O3/c1-21-10-7-15(24)13-14(21)3-4-16-17-5-6-19(20(25)9-12-23)22(17,2)11-8-18(16)21/h3,9,12,15-19,23-24H,4-8,10-11,13H2,1-2H3/b12-9-/t15-,16+,17+,18+,19-,21+,22+/m1/s1. The Kier molecular flexibility index (Phi) is 4.14. The zero-order chi connectivity index (χ0) is 17.8. The number of aliphatic hydroxyl groups excluding tert-OH is 2. The number of ketones is 1. The highest BCUT2D eigenvalue weighted by molar-refractivity contribution is 5.92. The van der Waals surface area contributed by atoms with Gasteiger partial charge in [-0.05, 0) is 80.0 Å². The quantitative estimate of drug-likeness (QED) is 0.438. The van der Waals surface area contributed by atoms with E-state index in [0.29, 0.717) is 17.8 Å². The fraction of sp³-hybridized carbons (Fsp3) is 0.773. The molecule has 3 nitrogen and oxygen atoms in total. The van der Waals surface area contributed by atoms with E-state index in [0.717, 1.165) is 51.2 Å². The number of rotatable bonds is 2. The average molecular weight is 344 g/mol. The molecule has 25 heavy (non-hydrogen) atoms. The molecule has 0 aliphatic heterocycles. The minimum Gasteiger partial charge on any atom is -0.515 e. The monoisotopic (exact) mass is 344 g/mol. The van der Waals surface area contributed by atoms with Crippen molar-refractivity contribution in [1.82, 2.24) is 0 Å². The van der Waals surface area contributed by atoms with Gasteiger partial charge in [0.25, 0.3) is 0 Å². The molecule has 0 amide bonds. The molecule has 0 bridgehead atoms. The summed E-state index contributed by atoms with van der Waals surface area (Å²) in [6.45, 7) is 4.77. The van der Waals surface area contributed by atoms with Crippen molar-refractivity contribution in [3.63, 3.8) is 0 Å². The molecular formula is C22H32O3. The predicted molar refractivity (Wildman–Crippen MR) is 98.0 cm³/mol. The Morgan fingerprint density at radius 2 is 1.96 bits per heavy atom. The SMILES string of the molecule is C[C@]12CC[C@H]3[C@@H](CC=C4C[C@H](O)CC[C@@]43C)[C@@H]1CC[C@@H]2C(=O)/C=C\O. The molecule has 0 radical (unpaired) electrons. The number of aliphatic hydroxyl groups is 2. The maximum absolute atomic E-state index is 12.5. The van der Waals surface area contributed by atoms with Crippen LogP contribution in [0.1, 0.15) is 65.2 Å². The van der Waals surface area contributed by atoms with E-state index in [1.807, 2.05) is 0 Å². The summed E-state index contributed by atoms with van der Waals surface area (Å²) in [4.78, 5) is 12.5. The van der Waals surface area contributed by atoms with E-state index in [-0.39, 0.29) is 28.6 Å². The minimum absolute atomic E-state index is 0.0770. The maximum Gasteiger partial charge on any atom is 0.162 e. The van der Waals surface area contributed by atoms with E-state index < -0.39 is 0 Å². The number of fused-ring (bicyclic) bond motifs is 5. The molecule has 0 aromatic rings. The lowest BCUT2D eigenvalue weighted by atomic mass is 9.47. The van der Waals surface area contributed by atoms with E-state index in [4.69, 9.17) is 5.11 Å². The molecule has 3 fully saturated rings. The smallest absolute Gasteiger partial charge is 0.162 e. The summed E-state index contributed by atoms with van der Waals surface area (Å²) in [5.41, 5.74) is 1.86. The van der Waals surface area contributed by atoms with Gasteiger partial charge in [0.05, 0.1) is 12.4 Å². The zero-order valence-electron chi connectivity index (χ0n) is 15.6. The van der Waals surface area contributed by atoms with Crippen LogP contribution in [0.15, 0.2) is 24.0 Å². The Morgan fingerprint density at radius 3 is 2.72 bits per heavy atom. The lowest BCUT2D eigenvalue weighted by Gasteiger charge is -2.57. The highest BCUT2D eigenvalue weighted by Gasteiger charge is 2.59. The number of carbonyl (C=O) groups is 1. The van der Waals surface area contributed by atoms with Gasteiger partial charge in [-0.1, -0.05) is 25.5 Å². The predicted octanol–water partition coefficient (Wildman–Crippen LogP) is 4.57. The van der Waals surface area contributed by atoms with Crippen molar-refractivity contribution in [3.05, 3.63) is 24.0 Å². The third kappa shape index (κ3) is 2.45. The van der Waals surface area contributed by atoms with Gasteiger partial charge in [-0.15, -0.1) is 0 Å². The molecule has 3 saturated carbocycles. The molecule has 0 spiro atoms. The normalized spacial score (nSPS) is 49.2. The van der Waals surface area contributed by atoms with Crippen LogP contribution in [0.5, 0.6) is 0 Å². The molecule has 138 valence electrons. The van der Waals surface area contributed by atoms with Crippen molar-refractivity contribution in [2.24, 2.45) is 34.5 Å². The number of allylic oxidation sites excluding steroid dienone is 2. The zero-order valence-corrected chi connectivity index (χ0v) is 15.6. The molecule has 0 saturated heterocycles. The average Bonchev–Trinajstić information content (AvgIpc) is 2.93. The second-order valence-electron chi connectivity index (χ2n) is 9.55. The van der Waals surface area contributed by atoms with Gasteiger partial charge in [0.2, 0.25) is 0 Å². The first-order valence-corrected chi connectivity index (χ1v) is 10.1. The summed E-state index contributed by atoms with van der Waals surface area (Å²) < 4.78 is 0. The second-order valence-corrected chi connectivity index (χ2v) is 9.55. The maximum atomic E-state index is 12.5. The van der Waals surface area contributed by atoms with Gasteiger partial charge >= 0.3 is 0 Å². The Balaban J connectivity index is 1.63. The largest absolute Gasteiger partial charge is 0.515 e. The number of hydrogen-bond acceptors (Lipinski definition) is 3. The van der Waals surface area contributed by atoms with Crippen molar-refractivity contribution in [2.45, 2.75) is 71.3 Å². The number of hydrogen-bond donors (Lipinski definition) is 2. The molecule has 4 aliphatic carbocycles. The molecule has 4 rings (SSSR count). The topological polar surface area (TPSA) is 57.5 Å². The van der Waals surface area contributed by atoms with Crippen LogP contribution in [0.25, 0.3) is 0 Å². The summed E-state index contributed by atoms with van der Waals surface area (Å²) in [7, 11) is 0. The van der Waals surface area contributed by atoms with Gasteiger partial charge in [-0.3, -0.25) is 4.79 Å². The Hall–Kier alpha value is -1.09. The Bertz CT molecular complexity index is 621. The van der Waals surface area contributed by atoms with E-state index in [1.165, 1.54) is 18.1 Å². The highest BCUT2D eigenvalue weighted by atomic mass is 16.3. The first-order valence-electron chi connectivity index (χ1n) is 10.1. The minimum atomic E-state index is -0.150. The summed E-state index contributed by atoms with van der Waals surface area (Å²) in [6.07, 6.45) is 13.1. The van der Waals surface area contributed by atoms with E-state index >= 15 is 0 Å². The molecular weight excluding hydrogens is 312 g/mol. The van der Waals surface area contributed by atoms with E-state index in [9.17, 15) is 9.90 Å². The Labute approximate surface area is 151 Å². The molecule has 0 unspecified atom stereocenters. The van der Waals surface area contributed by atoms with Crippen LogP contribution in [0.4, 0.5) is 0 Å². The summed E-state index contributed by atoms with van der Waals surface area (Å²) in [5.74, 6) is 2.20. The molecule has 2 N–H and O–H groups in total. The lowest BCUT2D eigenvalue weighted by Crippen LogP contribution is -2.50. The molecule has 7 atom stereocenters. The second kappa shape index (κ2) is 5.97. The first kappa shape index (κ1) is 17.3. The van der Waals surface area contributed by atoms with Crippen LogP contribution < -0.4 is 0 Å². The van der Waals surface area contributed by atoms with Gasteiger partial charge in [0.15, 0.2) is 5.78 Å². The molecule has 0 aromatic carbocycles. The highest BCUT2D eigenvalue weighted by Crippen LogP contribution is 2.66. The molecule has 4 aliphatic rings. The van der Waals surface area contributed by atoms with Crippen LogP contribution in [0.2, 0.25) is 0 Å². The van der Waals surface area contributed by atoms with Gasteiger partial charge in [0, 0.05) is 12.0 Å².